The van der Waals surface area contributed by atoms with Crippen LogP contribution in [0.1, 0.15) is 39.0 Å². The van der Waals surface area contributed by atoms with Crippen molar-refractivity contribution in [3.05, 3.63) is 29.3 Å². The molecule has 3 N–H and O–H groups in total. The predicted octanol–water partition coefficient (Wildman–Crippen LogP) is 1.95. The van der Waals surface area contributed by atoms with Crippen molar-refractivity contribution in [2.45, 2.75) is 56.3 Å². The van der Waals surface area contributed by atoms with Gasteiger partial charge >= 0.3 is 0 Å². The Morgan fingerprint density at radius 1 is 1.19 bits per heavy atom. The number of unbranched alkanes of at least 4 members (excludes halogenated alkanes) is 2. The van der Waals surface area contributed by atoms with E-state index in [0.29, 0.717) is 42.9 Å². The number of hydrogen-bond acceptors (Lipinski definition) is 5. The maximum Gasteiger partial charge on any atom is 0.250 e. The van der Waals surface area contributed by atoms with Crippen molar-refractivity contribution in [3.63, 3.8) is 0 Å². The second-order valence-corrected chi connectivity index (χ2v) is 9.59. The number of nitrogens with one attached hydrogen (secondary N) is 2. The second-order valence-electron chi connectivity index (χ2n) is 9.15. The number of nitrogens with zero attached hydrogens (tertiary/aromatic N) is 1. The molecule has 9 heteroatoms. The highest BCUT2D eigenvalue weighted by Crippen LogP contribution is 2.63. The van der Waals surface area contributed by atoms with Crippen LogP contribution in [-0.4, -0.2) is 65.2 Å². The first-order valence-electron chi connectivity index (χ1n) is 11.2. The van der Waals surface area contributed by atoms with Gasteiger partial charge in [-0.05, 0) is 63.3 Å². The lowest BCUT2D eigenvalue weighted by atomic mass is 9.66. The molecule has 3 heterocycles. The summed E-state index contributed by atoms with van der Waals surface area (Å²) in [6.45, 7) is 2.32. The topological polar surface area (TPSA) is 108 Å². The van der Waals surface area contributed by atoms with Crippen molar-refractivity contribution in [1.29, 1.82) is 0 Å². The quantitative estimate of drug-likeness (QED) is 0.511. The van der Waals surface area contributed by atoms with Crippen LogP contribution in [0.4, 0.5) is 5.69 Å². The molecule has 0 aromatic heterocycles. The average Bonchev–Trinajstić information content (AvgIpc) is 3.33. The second kappa shape index (κ2) is 8.65. The maximum atomic E-state index is 13.6. The Morgan fingerprint density at radius 3 is 2.56 bits per heavy atom. The van der Waals surface area contributed by atoms with Gasteiger partial charge in [0, 0.05) is 30.9 Å². The van der Waals surface area contributed by atoms with E-state index >= 15 is 0 Å². The van der Waals surface area contributed by atoms with Crippen molar-refractivity contribution in [3.8, 4) is 0 Å². The van der Waals surface area contributed by atoms with Gasteiger partial charge in [0.05, 0.1) is 17.4 Å². The Bertz CT molecular complexity index is 909. The minimum Gasteiger partial charge on any atom is -0.396 e. The van der Waals surface area contributed by atoms with Gasteiger partial charge in [0.1, 0.15) is 11.6 Å². The van der Waals surface area contributed by atoms with E-state index in [2.05, 4.69) is 10.6 Å². The van der Waals surface area contributed by atoms with Gasteiger partial charge in [0.2, 0.25) is 17.7 Å². The summed E-state index contributed by atoms with van der Waals surface area (Å²) in [5.74, 6) is -2.09. The van der Waals surface area contributed by atoms with Gasteiger partial charge in [-0.3, -0.25) is 14.4 Å². The first kappa shape index (κ1) is 23.0. The van der Waals surface area contributed by atoms with Crippen molar-refractivity contribution in [2.75, 3.05) is 25.5 Å². The van der Waals surface area contributed by atoms with Crippen LogP contribution >= 0.6 is 11.6 Å². The molecule has 0 aliphatic carbocycles. The van der Waals surface area contributed by atoms with E-state index in [-0.39, 0.29) is 24.3 Å². The molecule has 32 heavy (non-hydrogen) atoms. The van der Waals surface area contributed by atoms with E-state index in [9.17, 15) is 14.4 Å². The molecule has 1 aromatic carbocycles. The molecular formula is C23H30ClN3O5. The molecule has 5 atom stereocenters. The smallest absolute Gasteiger partial charge is 0.250 e. The third-order valence-corrected chi connectivity index (χ3v) is 7.47. The van der Waals surface area contributed by atoms with Crippen molar-refractivity contribution < 1.29 is 24.2 Å². The highest BCUT2D eigenvalue weighted by molar-refractivity contribution is 6.30. The molecule has 1 aromatic rings. The van der Waals surface area contributed by atoms with Crippen LogP contribution in [0.3, 0.4) is 0 Å². The number of rotatable bonds is 8. The summed E-state index contributed by atoms with van der Waals surface area (Å²) >= 11 is 5.96. The number of hydrogen-bond donors (Lipinski definition) is 3. The number of aliphatic hydroxyl groups is 1. The van der Waals surface area contributed by atoms with Crippen molar-refractivity contribution in [2.24, 2.45) is 11.8 Å². The lowest BCUT2D eigenvalue weighted by Gasteiger charge is -2.33. The van der Waals surface area contributed by atoms with Crippen LogP contribution in [0.5, 0.6) is 0 Å². The first-order chi connectivity index (χ1) is 15.3. The number of ether oxygens (including phenoxy) is 1. The van der Waals surface area contributed by atoms with Gasteiger partial charge in [-0.1, -0.05) is 11.6 Å². The largest absolute Gasteiger partial charge is 0.396 e. The fraction of sp³-hybridized carbons (Fsp3) is 0.609. The zero-order chi connectivity index (χ0) is 23.1. The Hall–Kier alpha value is -2.16. The summed E-state index contributed by atoms with van der Waals surface area (Å²) in [4.78, 5) is 41.6. The van der Waals surface area contributed by atoms with Crippen LogP contribution in [-0.2, 0) is 19.1 Å². The Balaban J connectivity index is 1.67. The van der Waals surface area contributed by atoms with E-state index in [1.54, 1.807) is 36.2 Å². The maximum absolute atomic E-state index is 13.6. The summed E-state index contributed by atoms with van der Waals surface area (Å²) in [6.07, 6.45) is 3.17. The lowest BCUT2D eigenvalue weighted by Crippen LogP contribution is -2.53. The van der Waals surface area contributed by atoms with Gasteiger partial charge in [-0.2, -0.15) is 0 Å². The molecule has 2 unspecified atom stereocenters. The number of carbonyl (C=O) groups is 3. The third kappa shape index (κ3) is 3.58. The molecule has 1 spiro atoms. The molecule has 2 bridgehead atoms. The van der Waals surface area contributed by atoms with E-state index in [4.69, 9.17) is 21.4 Å². The number of anilines is 1. The molecule has 0 saturated carbocycles. The van der Waals surface area contributed by atoms with Gasteiger partial charge in [-0.25, -0.2) is 0 Å². The van der Waals surface area contributed by atoms with Gasteiger partial charge in [0.25, 0.3) is 0 Å². The summed E-state index contributed by atoms with van der Waals surface area (Å²) in [6, 6.07) is 5.95. The predicted molar refractivity (Wildman–Crippen MR) is 119 cm³/mol. The van der Waals surface area contributed by atoms with Crippen molar-refractivity contribution in [1.82, 2.24) is 10.2 Å². The number of amides is 3. The average molecular weight is 464 g/mol. The van der Waals surface area contributed by atoms with Crippen LogP contribution < -0.4 is 10.6 Å². The highest BCUT2D eigenvalue weighted by atomic mass is 35.5. The van der Waals surface area contributed by atoms with E-state index < -0.39 is 29.1 Å². The zero-order valence-electron chi connectivity index (χ0n) is 18.4. The van der Waals surface area contributed by atoms with Crippen LogP contribution in [0, 0.1) is 11.8 Å². The number of benzene rings is 1. The fourth-order valence-electron chi connectivity index (χ4n) is 5.84. The summed E-state index contributed by atoms with van der Waals surface area (Å²) in [5.41, 5.74) is -1.23. The fourth-order valence-corrected chi connectivity index (χ4v) is 5.96. The van der Waals surface area contributed by atoms with Crippen LogP contribution in [0.15, 0.2) is 24.3 Å². The number of carbonyl (C=O) groups excluding carboxylic acids is 3. The molecule has 4 rings (SSSR count). The number of halogens is 1. The molecule has 174 valence electrons. The Morgan fingerprint density at radius 2 is 1.91 bits per heavy atom. The molecule has 3 fully saturated rings. The zero-order valence-corrected chi connectivity index (χ0v) is 19.2. The molecule has 3 aliphatic heterocycles. The van der Waals surface area contributed by atoms with Gasteiger partial charge < -0.3 is 25.4 Å². The van der Waals surface area contributed by atoms with E-state index in [1.807, 2.05) is 6.92 Å². The van der Waals surface area contributed by atoms with Crippen LogP contribution in [0.2, 0.25) is 5.02 Å². The van der Waals surface area contributed by atoms with Crippen LogP contribution in [0.25, 0.3) is 0 Å². The number of likely N-dealkylation sites (tertiary alicyclic amines) is 1. The van der Waals surface area contributed by atoms with E-state index in [0.717, 1.165) is 6.42 Å². The molecule has 3 aliphatic rings. The molecule has 8 nitrogen and oxygen atoms in total. The van der Waals surface area contributed by atoms with E-state index in [1.165, 1.54) is 0 Å². The lowest BCUT2D eigenvalue weighted by molar-refractivity contribution is -0.144. The Labute approximate surface area is 192 Å². The van der Waals surface area contributed by atoms with Gasteiger partial charge in [-0.15, -0.1) is 0 Å². The number of fused-ring (bicyclic) bond motifs is 1. The summed E-state index contributed by atoms with van der Waals surface area (Å²) in [7, 11) is 1.56. The first-order valence-corrected chi connectivity index (χ1v) is 11.5. The van der Waals surface area contributed by atoms with Crippen molar-refractivity contribution >= 4 is 35.0 Å². The minimum absolute atomic E-state index is 0.0845. The monoisotopic (exact) mass is 463 g/mol. The standard InChI is InChI=1S/C23H30ClN3O5/c1-22-10-11-23(32-22)17(16(22)19(29)25-2)21(31)27(12-4-3-5-13-28)18(23)20(30)26-15-8-6-14(24)7-9-15/h6-9,16-18,28H,3-5,10-13H2,1-2H3,(H,25,29)(H,26,30)/t16-,17-,18?,22+,23?/m0/s1. The molecule has 3 saturated heterocycles. The molecular weight excluding hydrogens is 434 g/mol. The minimum atomic E-state index is -1.03. The third-order valence-electron chi connectivity index (χ3n) is 7.22. The normalized spacial score (nSPS) is 32.8. The summed E-state index contributed by atoms with van der Waals surface area (Å²) < 4.78 is 6.48. The summed E-state index contributed by atoms with van der Waals surface area (Å²) in [5, 5.41) is 15.2. The molecule has 0 radical (unpaired) electrons. The highest BCUT2D eigenvalue weighted by Gasteiger charge is 2.77. The molecule has 3 amide bonds. The Kier molecular flexibility index (Phi) is 6.22. The van der Waals surface area contributed by atoms with Gasteiger partial charge in [0.15, 0.2) is 0 Å². The SMILES string of the molecule is CNC(=O)[C@@H]1[C@H]2C(=O)N(CCCCCO)C(C(=O)Nc3ccc(Cl)cc3)C23CC[C@@]1(C)O3. The number of aliphatic hydroxyl groups excluding tert-OH is 1.